The number of hydrogen-bond donors (Lipinski definition) is 1. The molecule has 2 aromatic rings. The summed E-state index contributed by atoms with van der Waals surface area (Å²) < 4.78 is 10.3. The molecule has 0 saturated carbocycles. The number of nitrogens with two attached hydrogens (primary N) is 1. The number of carbonyl (C=O) groups is 1. The van der Waals surface area contributed by atoms with Crippen LogP contribution in [0.25, 0.3) is 10.9 Å². The summed E-state index contributed by atoms with van der Waals surface area (Å²) in [6.07, 6.45) is 0. The van der Waals surface area contributed by atoms with Gasteiger partial charge in [0.25, 0.3) is 0 Å². The highest BCUT2D eigenvalue weighted by Gasteiger charge is 2.20. The van der Waals surface area contributed by atoms with Gasteiger partial charge in [0.15, 0.2) is 0 Å². The summed E-state index contributed by atoms with van der Waals surface area (Å²) in [6, 6.07) is 7.63. The number of hydrogen-bond acceptors (Lipinski definition) is 5. The van der Waals surface area contributed by atoms with Crippen molar-refractivity contribution < 1.29 is 14.3 Å². The average molecular weight is 287 g/mol. The fourth-order valence-electron chi connectivity index (χ4n) is 2.38. The molecule has 6 heteroatoms. The largest absolute Gasteiger partial charge is 0.497 e. The Morgan fingerprint density at radius 3 is 3.05 bits per heavy atom. The van der Waals surface area contributed by atoms with E-state index in [0.29, 0.717) is 25.5 Å². The Morgan fingerprint density at radius 1 is 1.43 bits per heavy atom. The third-order valence-electron chi connectivity index (χ3n) is 3.58. The molecule has 1 aromatic heterocycles. The highest BCUT2D eigenvalue weighted by molar-refractivity contribution is 5.83. The van der Waals surface area contributed by atoms with Gasteiger partial charge in [0.05, 0.1) is 19.2 Å². The first-order chi connectivity index (χ1) is 10.2. The van der Waals surface area contributed by atoms with E-state index in [1.807, 2.05) is 24.3 Å². The zero-order valence-electron chi connectivity index (χ0n) is 11.8. The van der Waals surface area contributed by atoms with E-state index >= 15 is 0 Å². The Bertz CT molecular complexity index is 687. The number of rotatable bonds is 3. The van der Waals surface area contributed by atoms with E-state index in [4.69, 9.17) is 15.2 Å². The van der Waals surface area contributed by atoms with E-state index in [0.717, 1.165) is 22.2 Å². The van der Waals surface area contributed by atoms with Crippen molar-refractivity contribution in [3.05, 3.63) is 29.8 Å². The van der Waals surface area contributed by atoms with E-state index in [2.05, 4.69) is 4.98 Å². The Kier molecular flexibility index (Phi) is 3.62. The van der Waals surface area contributed by atoms with Crippen molar-refractivity contribution in [1.82, 2.24) is 9.88 Å². The van der Waals surface area contributed by atoms with Crippen molar-refractivity contribution in [3.8, 4) is 5.75 Å². The van der Waals surface area contributed by atoms with E-state index in [1.54, 1.807) is 12.0 Å². The van der Waals surface area contributed by atoms with Crippen LogP contribution >= 0.6 is 0 Å². The lowest BCUT2D eigenvalue weighted by atomic mass is 10.1. The molecule has 21 heavy (non-hydrogen) atoms. The molecule has 2 heterocycles. The maximum atomic E-state index is 11.8. The fourth-order valence-corrected chi connectivity index (χ4v) is 2.38. The van der Waals surface area contributed by atoms with Gasteiger partial charge in [-0.3, -0.25) is 4.79 Å². The Morgan fingerprint density at radius 2 is 2.29 bits per heavy atom. The number of nitrogen functional groups attached to an aromatic ring is 1. The normalized spacial score (nSPS) is 15.5. The minimum absolute atomic E-state index is 0.0181. The minimum atomic E-state index is -0.0181. The van der Waals surface area contributed by atoms with E-state index in [9.17, 15) is 4.79 Å². The van der Waals surface area contributed by atoms with Crippen molar-refractivity contribution in [1.29, 1.82) is 0 Å². The van der Waals surface area contributed by atoms with Gasteiger partial charge in [-0.1, -0.05) is 0 Å². The number of nitrogens with zero attached hydrogens (tertiary/aromatic N) is 2. The minimum Gasteiger partial charge on any atom is -0.497 e. The molecule has 0 radical (unpaired) electrons. The molecule has 0 spiro atoms. The molecule has 110 valence electrons. The first kappa shape index (κ1) is 13.6. The highest BCUT2D eigenvalue weighted by atomic mass is 16.5. The highest BCUT2D eigenvalue weighted by Crippen LogP contribution is 2.24. The maximum Gasteiger partial charge on any atom is 0.248 e. The standard InChI is InChI=1S/C15H17N3O3/c1-20-12-3-2-10-6-11(15(16)17-13(10)7-12)8-18-4-5-21-9-14(18)19/h2-3,6-7H,4-5,8-9H2,1H3,(H2,16,17). The van der Waals surface area contributed by atoms with Crippen LogP contribution in [0.2, 0.25) is 0 Å². The number of pyridine rings is 1. The summed E-state index contributed by atoms with van der Waals surface area (Å²) in [4.78, 5) is 17.9. The summed E-state index contributed by atoms with van der Waals surface area (Å²) in [7, 11) is 1.61. The Hall–Kier alpha value is -2.34. The lowest BCUT2D eigenvalue weighted by molar-refractivity contribution is -0.143. The molecule has 1 aromatic carbocycles. The molecule has 2 N–H and O–H groups in total. The van der Waals surface area contributed by atoms with Gasteiger partial charge in [0.1, 0.15) is 18.2 Å². The number of fused-ring (bicyclic) bond motifs is 1. The summed E-state index contributed by atoms with van der Waals surface area (Å²) >= 11 is 0. The van der Waals surface area contributed by atoms with Gasteiger partial charge in [0, 0.05) is 30.1 Å². The molecule has 3 rings (SSSR count). The molecule has 0 bridgehead atoms. The SMILES string of the molecule is COc1ccc2cc(CN3CCOCC3=O)c(N)nc2c1. The molecule has 0 atom stereocenters. The smallest absolute Gasteiger partial charge is 0.248 e. The van der Waals surface area contributed by atoms with Crippen LogP contribution in [0, 0.1) is 0 Å². The lowest BCUT2D eigenvalue weighted by Gasteiger charge is -2.27. The topological polar surface area (TPSA) is 77.7 Å². The zero-order valence-corrected chi connectivity index (χ0v) is 11.8. The molecule has 1 aliphatic rings. The third kappa shape index (κ3) is 2.75. The molecule has 1 amide bonds. The summed E-state index contributed by atoms with van der Waals surface area (Å²) in [5.41, 5.74) is 7.65. The van der Waals surface area contributed by atoms with Gasteiger partial charge in [-0.05, 0) is 18.2 Å². The fraction of sp³-hybridized carbons (Fsp3) is 0.333. The number of morpholine rings is 1. The van der Waals surface area contributed by atoms with Crippen molar-refractivity contribution in [3.63, 3.8) is 0 Å². The predicted octanol–water partition coefficient (Wildman–Crippen LogP) is 1.18. The molecule has 1 saturated heterocycles. The second-order valence-corrected chi connectivity index (χ2v) is 4.96. The van der Waals surface area contributed by atoms with Gasteiger partial charge in [0.2, 0.25) is 5.91 Å². The van der Waals surface area contributed by atoms with Crippen LogP contribution in [0.15, 0.2) is 24.3 Å². The lowest BCUT2D eigenvalue weighted by Crippen LogP contribution is -2.41. The van der Waals surface area contributed by atoms with Crippen LogP contribution in [-0.4, -0.2) is 42.7 Å². The van der Waals surface area contributed by atoms with E-state index in [-0.39, 0.29) is 12.5 Å². The Labute approximate surface area is 122 Å². The zero-order chi connectivity index (χ0) is 14.8. The van der Waals surface area contributed by atoms with Crippen molar-refractivity contribution >= 4 is 22.6 Å². The number of methoxy groups -OCH3 is 1. The quantitative estimate of drug-likeness (QED) is 0.917. The summed E-state index contributed by atoms with van der Waals surface area (Å²) in [5, 5.41) is 0.973. The van der Waals surface area contributed by atoms with Crippen molar-refractivity contribution in [2.24, 2.45) is 0 Å². The van der Waals surface area contributed by atoms with Crippen LogP contribution in [0.4, 0.5) is 5.82 Å². The van der Waals surface area contributed by atoms with E-state index in [1.165, 1.54) is 0 Å². The first-order valence-corrected chi connectivity index (χ1v) is 6.76. The molecule has 0 unspecified atom stereocenters. The van der Waals surface area contributed by atoms with Crippen LogP contribution in [0.1, 0.15) is 5.56 Å². The summed E-state index contributed by atoms with van der Waals surface area (Å²) in [6.45, 7) is 1.74. The second kappa shape index (κ2) is 5.57. The van der Waals surface area contributed by atoms with E-state index < -0.39 is 0 Å². The number of carbonyl (C=O) groups excluding carboxylic acids is 1. The molecular formula is C15H17N3O3. The monoisotopic (exact) mass is 287 g/mol. The van der Waals surface area contributed by atoms with Gasteiger partial charge in [-0.2, -0.15) is 0 Å². The first-order valence-electron chi connectivity index (χ1n) is 6.76. The average Bonchev–Trinajstić information content (AvgIpc) is 2.49. The van der Waals surface area contributed by atoms with Gasteiger partial charge in [-0.25, -0.2) is 4.98 Å². The molecule has 6 nitrogen and oxygen atoms in total. The number of aromatic nitrogens is 1. The number of benzene rings is 1. The van der Waals surface area contributed by atoms with Crippen molar-refractivity contribution in [2.45, 2.75) is 6.54 Å². The van der Waals surface area contributed by atoms with Gasteiger partial charge in [-0.15, -0.1) is 0 Å². The van der Waals surface area contributed by atoms with Crippen LogP contribution in [-0.2, 0) is 16.1 Å². The van der Waals surface area contributed by atoms with Gasteiger partial charge < -0.3 is 20.1 Å². The molecule has 1 fully saturated rings. The Balaban J connectivity index is 1.91. The second-order valence-electron chi connectivity index (χ2n) is 4.96. The van der Waals surface area contributed by atoms with Crippen LogP contribution < -0.4 is 10.5 Å². The molecule has 0 aliphatic carbocycles. The van der Waals surface area contributed by atoms with Crippen LogP contribution in [0.3, 0.4) is 0 Å². The predicted molar refractivity (Wildman–Crippen MR) is 78.9 cm³/mol. The number of ether oxygens (including phenoxy) is 2. The number of anilines is 1. The van der Waals surface area contributed by atoms with Gasteiger partial charge >= 0.3 is 0 Å². The van der Waals surface area contributed by atoms with Crippen LogP contribution in [0.5, 0.6) is 5.75 Å². The third-order valence-corrected chi connectivity index (χ3v) is 3.58. The summed E-state index contributed by atoms with van der Waals surface area (Å²) in [5.74, 6) is 1.16. The maximum absolute atomic E-state index is 11.8. The number of amides is 1. The molecule has 1 aliphatic heterocycles. The van der Waals surface area contributed by atoms with Crippen molar-refractivity contribution in [2.75, 3.05) is 32.6 Å². The molecular weight excluding hydrogens is 270 g/mol.